The molecule has 1 aliphatic heterocycles. The van der Waals surface area contributed by atoms with Crippen molar-refractivity contribution in [2.75, 3.05) is 12.9 Å². The van der Waals surface area contributed by atoms with Gasteiger partial charge in [0.25, 0.3) is 0 Å². The van der Waals surface area contributed by atoms with Gasteiger partial charge in [0.05, 0.1) is 6.61 Å². The summed E-state index contributed by atoms with van der Waals surface area (Å²) >= 11 is 0.856. The number of hydrogen-bond donors (Lipinski definition) is 3. The number of rotatable bonds is 10. The molecule has 3 aromatic carbocycles. The molecule has 1 aliphatic rings. The Bertz CT molecular complexity index is 1300. The molecule has 0 aromatic heterocycles. The SMILES string of the molecule is CS[C@@H]1O[C@H](COC(c2ccccc2)(c2ccccc2)c2ccccc2)[C@](O)(C(C)=O)[C@@](O)(C(C)=O)[C@]1(O)C(C)=O. The van der Waals surface area contributed by atoms with Gasteiger partial charge >= 0.3 is 0 Å². The zero-order valence-electron chi connectivity index (χ0n) is 23.3. The Labute approximate surface area is 243 Å². The van der Waals surface area contributed by atoms with E-state index in [9.17, 15) is 29.7 Å². The second-order valence-electron chi connectivity index (χ2n) is 10.2. The van der Waals surface area contributed by atoms with E-state index in [-0.39, 0.29) is 0 Å². The maximum atomic E-state index is 13.2. The standard InChI is InChI=1S/C32H34O8S/c1-21(33)30(36)27(40-28(41-4)31(37,22(2)34)32(30,38)23(3)35)20-39-29(24-14-8-5-9-15-24,25-16-10-6-11-17-25)26-18-12-7-13-19-26/h5-19,27-28,36-38H,20H2,1-4H3/t27-,28+,30-,31+,32+/m1/s1. The number of hydrogen-bond acceptors (Lipinski definition) is 9. The van der Waals surface area contributed by atoms with Gasteiger partial charge < -0.3 is 24.8 Å². The van der Waals surface area contributed by atoms with Crippen LogP contribution in [-0.2, 0) is 29.5 Å². The molecule has 9 heteroatoms. The molecule has 0 spiro atoms. The van der Waals surface area contributed by atoms with Crippen molar-refractivity contribution in [3.05, 3.63) is 108 Å². The average Bonchev–Trinajstić information content (AvgIpc) is 2.98. The average molecular weight is 579 g/mol. The maximum Gasteiger partial charge on any atom is 0.200 e. The van der Waals surface area contributed by atoms with E-state index in [1.165, 1.54) is 6.26 Å². The number of carbonyl (C=O) groups is 3. The van der Waals surface area contributed by atoms with Gasteiger partial charge in [-0.15, -0.1) is 11.8 Å². The van der Waals surface area contributed by atoms with Gasteiger partial charge in [0.2, 0.25) is 5.60 Å². The quantitative estimate of drug-likeness (QED) is 0.311. The molecule has 1 saturated heterocycles. The van der Waals surface area contributed by atoms with Crippen LogP contribution in [0.2, 0.25) is 0 Å². The van der Waals surface area contributed by atoms with Crippen molar-refractivity contribution in [2.45, 2.75) is 54.7 Å². The lowest BCUT2D eigenvalue weighted by atomic mass is 9.61. The van der Waals surface area contributed by atoms with Crippen LogP contribution in [0.25, 0.3) is 0 Å². The number of aliphatic hydroxyl groups is 3. The third kappa shape index (κ3) is 4.57. The van der Waals surface area contributed by atoms with Crippen LogP contribution in [0.3, 0.4) is 0 Å². The van der Waals surface area contributed by atoms with E-state index in [1.54, 1.807) is 0 Å². The molecule has 3 N–H and O–H groups in total. The van der Waals surface area contributed by atoms with Crippen LogP contribution < -0.4 is 0 Å². The molecule has 0 saturated carbocycles. The van der Waals surface area contributed by atoms with E-state index in [1.807, 2.05) is 91.0 Å². The summed E-state index contributed by atoms with van der Waals surface area (Å²) in [5, 5.41) is 35.3. The van der Waals surface area contributed by atoms with Gasteiger partial charge in [-0.3, -0.25) is 14.4 Å². The molecule has 1 fully saturated rings. The topological polar surface area (TPSA) is 130 Å². The number of ketones is 3. The Morgan fingerprint density at radius 3 is 1.44 bits per heavy atom. The number of thioether (sulfide) groups is 1. The zero-order valence-corrected chi connectivity index (χ0v) is 24.1. The minimum atomic E-state index is -3.23. The second kappa shape index (κ2) is 11.6. The second-order valence-corrected chi connectivity index (χ2v) is 11.1. The van der Waals surface area contributed by atoms with Gasteiger partial charge in [-0.2, -0.15) is 0 Å². The molecule has 5 atom stereocenters. The first-order valence-corrected chi connectivity index (χ1v) is 14.4. The summed E-state index contributed by atoms with van der Waals surface area (Å²) in [5.41, 5.74) is -9.82. The number of ether oxygens (including phenoxy) is 2. The molecule has 0 unspecified atom stereocenters. The third-order valence-corrected chi connectivity index (χ3v) is 8.87. The molecule has 0 amide bonds. The molecule has 3 aromatic rings. The Morgan fingerprint density at radius 2 is 1.12 bits per heavy atom. The van der Waals surface area contributed by atoms with Crippen molar-refractivity contribution in [2.24, 2.45) is 0 Å². The largest absolute Gasteiger partial charge is 0.376 e. The van der Waals surface area contributed by atoms with Gasteiger partial charge in [-0.25, -0.2) is 0 Å². The van der Waals surface area contributed by atoms with Crippen LogP contribution in [0, 0.1) is 0 Å². The molecule has 8 nitrogen and oxygen atoms in total. The Morgan fingerprint density at radius 1 is 0.732 bits per heavy atom. The fraction of sp³-hybridized carbons (Fsp3) is 0.344. The predicted octanol–water partition coefficient (Wildman–Crippen LogP) is 3.04. The zero-order chi connectivity index (χ0) is 30.1. The van der Waals surface area contributed by atoms with Gasteiger partial charge in [0, 0.05) is 0 Å². The highest BCUT2D eigenvalue weighted by Crippen LogP contribution is 2.50. The van der Waals surface area contributed by atoms with Crippen molar-refractivity contribution >= 4 is 29.1 Å². The first kappa shape index (κ1) is 30.8. The lowest BCUT2D eigenvalue weighted by Crippen LogP contribution is -2.85. The monoisotopic (exact) mass is 578 g/mol. The summed E-state index contributed by atoms with van der Waals surface area (Å²) < 4.78 is 12.8. The minimum absolute atomic E-state index is 0.518. The van der Waals surface area contributed by atoms with Crippen molar-refractivity contribution < 1.29 is 39.2 Å². The number of Topliss-reactive ketones (excluding diaryl/α,β-unsaturated/α-hetero) is 3. The molecular formula is C32H34O8S. The molecule has 4 rings (SSSR count). The van der Waals surface area contributed by atoms with Crippen molar-refractivity contribution in [1.29, 1.82) is 0 Å². The fourth-order valence-corrected chi connectivity index (χ4v) is 6.76. The smallest absolute Gasteiger partial charge is 0.200 e. The van der Waals surface area contributed by atoms with Crippen LogP contribution in [0.4, 0.5) is 0 Å². The normalized spacial score (nSPS) is 28.2. The summed E-state index contributed by atoms with van der Waals surface area (Å²) in [6.07, 6.45) is -0.154. The van der Waals surface area contributed by atoms with E-state index in [0.29, 0.717) is 0 Å². The summed E-state index contributed by atoms with van der Waals surface area (Å²) in [7, 11) is 0. The highest BCUT2D eigenvalue weighted by molar-refractivity contribution is 7.99. The van der Waals surface area contributed by atoms with E-state index in [2.05, 4.69) is 0 Å². The lowest BCUT2D eigenvalue weighted by molar-refractivity contribution is -0.310. The van der Waals surface area contributed by atoms with E-state index >= 15 is 0 Å². The molecule has 0 radical (unpaired) electrons. The summed E-state index contributed by atoms with van der Waals surface area (Å²) in [4.78, 5) is 39.0. The summed E-state index contributed by atoms with van der Waals surface area (Å²) in [6.45, 7) is 2.31. The van der Waals surface area contributed by atoms with Crippen LogP contribution in [0.5, 0.6) is 0 Å². The van der Waals surface area contributed by atoms with Gasteiger partial charge in [0.15, 0.2) is 28.6 Å². The lowest BCUT2D eigenvalue weighted by Gasteiger charge is -2.57. The molecule has 0 bridgehead atoms. The molecule has 216 valence electrons. The van der Waals surface area contributed by atoms with Crippen molar-refractivity contribution in [3.63, 3.8) is 0 Å². The number of benzene rings is 3. The van der Waals surface area contributed by atoms with Crippen molar-refractivity contribution in [1.82, 2.24) is 0 Å². The predicted molar refractivity (Wildman–Crippen MR) is 154 cm³/mol. The fourth-order valence-electron chi connectivity index (χ4n) is 5.83. The van der Waals surface area contributed by atoms with Crippen LogP contribution in [-0.4, -0.2) is 73.9 Å². The highest BCUT2D eigenvalue weighted by Gasteiger charge is 2.78. The molecule has 1 heterocycles. The first-order valence-electron chi connectivity index (χ1n) is 13.1. The molecular weight excluding hydrogens is 544 g/mol. The Kier molecular flexibility index (Phi) is 8.71. The Balaban J connectivity index is 1.93. The summed E-state index contributed by atoms with van der Waals surface area (Å²) in [6, 6.07) is 28.0. The minimum Gasteiger partial charge on any atom is -0.376 e. The highest BCUT2D eigenvalue weighted by atomic mass is 32.2. The Hall–Kier alpha value is -3.18. The van der Waals surface area contributed by atoms with E-state index in [0.717, 1.165) is 49.2 Å². The van der Waals surface area contributed by atoms with Crippen LogP contribution in [0.15, 0.2) is 91.0 Å². The molecule has 0 aliphatic carbocycles. The van der Waals surface area contributed by atoms with E-state index < -0.39 is 57.9 Å². The maximum absolute atomic E-state index is 13.2. The third-order valence-electron chi connectivity index (χ3n) is 7.99. The van der Waals surface area contributed by atoms with Crippen LogP contribution in [0.1, 0.15) is 37.5 Å². The van der Waals surface area contributed by atoms with Gasteiger partial charge in [0.1, 0.15) is 17.1 Å². The van der Waals surface area contributed by atoms with Crippen molar-refractivity contribution in [3.8, 4) is 0 Å². The molecule has 41 heavy (non-hydrogen) atoms. The summed E-state index contributed by atoms with van der Waals surface area (Å²) in [5.74, 6) is -3.28. The first-order chi connectivity index (χ1) is 19.4. The van der Waals surface area contributed by atoms with Gasteiger partial charge in [-0.05, 0) is 43.7 Å². The van der Waals surface area contributed by atoms with E-state index in [4.69, 9.17) is 9.47 Å². The van der Waals surface area contributed by atoms with Crippen LogP contribution >= 0.6 is 11.8 Å². The van der Waals surface area contributed by atoms with Gasteiger partial charge in [-0.1, -0.05) is 91.0 Å². The number of carbonyl (C=O) groups excluding carboxylic acids is 3.